The Morgan fingerprint density at radius 3 is 2.46 bits per heavy atom. The minimum atomic E-state index is -0.911. The summed E-state index contributed by atoms with van der Waals surface area (Å²) in [4.78, 5) is 39.5. The fraction of sp³-hybridized carbons (Fsp3) is 0.710. The quantitative estimate of drug-likeness (QED) is 0.0902. The van der Waals surface area contributed by atoms with Gasteiger partial charge in [0, 0.05) is 92.0 Å². The molecule has 2 saturated heterocycles. The van der Waals surface area contributed by atoms with Crippen LogP contribution >= 0.6 is 0 Å². The molecule has 0 amide bonds. The fourth-order valence-corrected chi connectivity index (χ4v) is 22.9. The van der Waals surface area contributed by atoms with Gasteiger partial charge in [0.1, 0.15) is 11.9 Å². The Kier molecular flexibility index (Phi) is 11.7. The zero-order chi connectivity index (χ0) is 55.5. The van der Waals surface area contributed by atoms with E-state index in [2.05, 4.69) is 105 Å². The molecule has 430 valence electrons. The van der Waals surface area contributed by atoms with Crippen LogP contribution in [0.25, 0.3) is 11.0 Å². The molecule has 15 rings (SSSR count). The first-order chi connectivity index (χ1) is 38.1. The highest BCUT2D eigenvalue weighted by Crippen LogP contribution is 2.83. The number of epoxide rings is 1. The second-order valence-corrected chi connectivity index (χ2v) is 30.6. The third-order valence-electron chi connectivity index (χ3n) is 26.7. The molecule has 3 aromatic heterocycles. The summed E-state index contributed by atoms with van der Waals surface area (Å²) in [5.41, 5.74) is 9.96. The van der Waals surface area contributed by atoms with Crippen LogP contribution < -0.4 is 5.32 Å². The molecular weight excluding hydrogens is 997 g/mol. The van der Waals surface area contributed by atoms with Gasteiger partial charge >= 0.3 is 0 Å². The summed E-state index contributed by atoms with van der Waals surface area (Å²) in [5, 5.41) is 43.0. The Labute approximate surface area is 474 Å². The van der Waals surface area contributed by atoms with Crippen molar-refractivity contribution in [1.29, 1.82) is 0 Å². The predicted octanol–water partition coefficient (Wildman–Crippen LogP) is 11.5. The number of fused-ring (bicyclic) bond motifs is 11. The maximum absolute atomic E-state index is 16.0. The van der Waals surface area contributed by atoms with E-state index in [0.29, 0.717) is 81.8 Å². The first kappa shape index (κ1) is 52.9. The van der Waals surface area contributed by atoms with Crippen molar-refractivity contribution in [2.24, 2.45) is 56.2 Å². The van der Waals surface area contributed by atoms with Gasteiger partial charge in [-0.2, -0.15) is 0 Å². The van der Waals surface area contributed by atoms with E-state index in [-0.39, 0.29) is 35.1 Å². The average molecular weight is 1090 g/mol. The highest BCUT2D eigenvalue weighted by molar-refractivity contribution is 6.02. The molecule has 3 aliphatic heterocycles. The number of aryl methyl sites for hydroxylation is 1. The summed E-state index contributed by atoms with van der Waals surface area (Å²) in [6.45, 7) is 18.6. The number of nitrogens with zero attached hydrogens (tertiary/aromatic N) is 1. The van der Waals surface area contributed by atoms with Crippen LogP contribution in [0.4, 0.5) is 0 Å². The SMILES string of the molecule is CNCC[C@]1(C)C(=O)[C@@H]2c3cc[nH]c3[C@@H]3CC[C@]2(C3)[C@@]2(C)[C@H]3[C@H](O)[C@@H]4Cn5cc(Cc6cc7c(c(C8(O)CCOCC8)c6)CC[C@H]6CCCC[C@@H]76)c6[nH]cc(c65)CC[C@@](C)(C[C@@H](O)[C@H]5OC5(C)C)C5=C4[C@](C)(CC5=O)[C@@]3(C)CC[C@H]21. The average Bonchev–Trinajstić information content (AvgIpc) is 1.52. The molecule has 1 spiro atoms. The third-order valence-corrected chi connectivity index (χ3v) is 26.7. The predicted molar refractivity (Wildman–Crippen MR) is 309 cm³/mol. The number of benzene rings is 1. The van der Waals surface area contributed by atoms with Gasteiger partial charge in [0.2, 0.25) is 0 Å². The van der Waals surface area contributed by atoms with Crippen molar-refractivity contribution in [1.82, 2.24) is 19.9 Å². The highest BCUT2D eigenvalue weighted by atomic mass is 16.6. The van der Waals surface area contributed by atoms with Crippen molar-refractivity contribution in [3.63, 3.8) is 0 Å². The van der Waals surface area contributed by atoms with E-state index < -0.39 is 56.4 Å². The molecule has 2 bridgehead atoms. The topological polar surface area (TPSA) is 165 Å². The maximum atomic E-state index is 16.0. The van der Waals surface area contributed by atoms with Crippen LogP contribution in [0.3, 0.4) is 0 Å². The number of ketones is 2. The van der Waals surface area contributed by atoms with Gasteiger partial charge in [0.25, 0.3) is 0 Å². The standard InChI is InChI=1S/C69H92N4O7/c1-62(2)61(80-62)50(75)33-63(3)19-15-41-35-72-56-42(29-38-30-46-43-12-10-9-11-39(43)13-14-44(46)48(31-38)69(78)23-27-79-28-24-69)36-73(57(41)56)37-47-52-54(63)49(74)34-66(52,6)65(5)20-17-51-64(4,22-26-70-8)60(77)53-45-18-25-71-55(45)40-16-21-68(53,32-40)67(51,7)59(65)58(47)76/h18,25,30-31,35-36,39-40,43,47,50-51,53,58-59,61,70-72,75-76,78H,9-17,19-24,26-29,32-34,37H2,1-8H3/t39-,40-,43-,47-,50-,51+,53+,58-,59+,61-,63+,64+,65+,66+,67-,68-/m1/s1. The van der Waals surface area contributed by atoms with E-state index >= 15 is 9.59 Å². The van der Waals surface area contributed by atoms with Crippen LogP contribution in [0.1, 0.15) is 214 Å². The lowest BCUT2D eigenvalue weighted by atomic mass is 9.28. The molecule has 11 aliphatic rings. The van der Waals surface area contributed by atoms with E-state index in [1.54, 1.807) is 0 Å². The molecule has 8 aliphatic carbocycles. The number of allylic oxidation sites excluding steroid dienone is 1. The van der Waals surface area contributed by atoms with Gasteiger partial charge in [0.15, 0.2) is 5.78 Å². The first-order valence-electron chi connectivity index (χ1n) is 32.0. The number of aliphatic hydroxyl groups excluding tert-OH is 2. The van der Waals surface area contributed by atoms with E-state index in [1.807, 2.05) is 7.05 Å². The molecule has 6 heterocycles. The second kappa shape index (κ2) is 17.6. The molecule has 0 unspecified atom stereocenters. The van der Waals surface area contributed by atoms with Crippen LogP contribution in [0, 0.1) is 56.2 Å². The van der Waals surface area contributed by atoms with E-state index in [9.17, 15) is 15.3 Å². The van der Waals surface area contributed by atoms with Crippen LogP contribution in [0.2, 0.25) is 0 Å². The fourth-order valence-electron chi connectivity index (χ4n) is 22.9. The van der Waals surface area contributed by atoms with Gasteiger partial charge in [-0.15, -0.1) is 0 Å². The van der Waals surface area contributed by atoms with Crippen molar-refractivity contribution in [3.05, 3.63) is 92.6 Å². The summed E-state index contributed by atoms with van der Waals surface area (Å²) in [5.74, 6) is 1.36. The number of hydrogen-bond acceptors (Lipinski definition) is 8. The largest absolute Gasteiger partial charge is 0.392 e. The summed E-state index contributed by atoms with van der Waals surface area (Å²) in [6.07, 6.45) is 21.6. The van der Waals surface area contributed by atoms with Gasteiger partial charge in [-0.05, 0) is 213 Å². The minimum absolute atomic E-state index is 0.0531. The van der Waals surface area contributed by atoms with Crippen LogP contribution in [-0.2, 0) is 50.5 Å². The van der Waals surface area contributed by atoms with Crippen molar-refractivity contribution in [3.8, 4) is 0 Å². The summed E-state index contributed by atoms with van der Waals surface area (Å²) < 4.78 is 14.5. The molecule has 0 radical (unpaired) electrons. The number of hydrogen-bond donors (Lipinski definition) is 6. The van der Waals surface area contributed by atoms with Gasteiger partial charge in [-0.1, -0.05) is 59.6 Å². The molecule has 16 atom stereocenters. The number of carbonyl (C=O) groups excluding carboxylic acids is 2. The number of Topliss-reactive ketones (excluding diaryl/α,β-unsaturated/α-hetero) is 2. The van der Waals surface area contributed by atoms with Crippen LogP contribution in [-0.4, -0.2) is 92.1 Å². The van der Waals surface area contributed by atoms with Gasteiger partial charge in [-0.3, -0.25) is 9.59 Å². The van der Waals surface area contributed by atoms with Gasteiger partial charge in [-0.25, -0.2) is 0 Å². The number of nitrogens with one attached hydrogen (secondary N) is 3. The summed E-state index contributed by atoms with van der Waals surface area (Å²) in [6, 6.07) is 7.13. The molecule has 7 fully saturated rings. The zero-order valence-corrected chi connectivity index (χ0v) is 49.4. The van der Waals surface area contributed by atoms with Crippen LogP contribution in [0.15, 0.2) is 47.9 Å². The Morgan fingerprint density at radius 1 is 0.900 bits per heavy atom. The molecule has 6 N–H and O–H groups in total. The number of H-pyrrole nitrogens is 2. The molecule has 1 aromatic carbocycles. The highest BCUT2D eigenvalue weighted by Gasteiger charge is 2.80. The van der Waals surface area contributed by atoms with E-state index in [4.69, 9.17) is 9.47 Å². The smallest absolute Gasteiger partial charge is 0.160 e. The van der Waals surface area contributed by atoms with Crippen molar-refractivity contribution < 1.29 is 34.4 Å². The van der Waals surface area contributed by atoms with E-state index in [0.717, 1.165) is 80.1 Å². The number of aliphatic hydroxyl groups is 3. The zero-order valence-electron chi connectivity index (χ0n) is 49.4. The maximum Gasteiger partial charge on any atom is 0.160 e. The molecular formula is C69H92N4O7. The summed E-state index contributed by atoms with van der Waals surface area (Å²) >= 11 is 0. The van der Waals surface area contributed by atoms with E-state index in [1.165, 1.54) is 76.7 Å². The lowest BCUT2D eigenvalue weighted by Gasteiger charge is -2.76. The lowest BCUT2D eigenvalue weighted by Crippen LogP contribution is -2.74. The number of aromatic nitrogens is 3. The Hall–Kier alpha value is -3.84. The number of rotatable bonds is 9. The van der Waals surface area contributed by atoms with Gasteiger partial charge in [0.05, 0.1) is 40.4 Å². The molecule has 80 heavy (non-hydrogen) atoms. The molecule has 4 aromatic rings. The molecule has 11 nitrogen and oxygen atoms in total. The van der Waals surface area contributed by atoms with Gasteiger partial charge < -0.3 is 44.6 Å². The van der Waals surface area contributed by atoms with Crippen molar-refractivity contribution in [2.45, 2.75) is 224 Å². The Balaban J connectivity index is 0.910. The van der Waals surface area contributed by atoms with Crippen molar-refractivity contribution >= 4 is 22.6 Å². The number of ether oxygens (including phenoxy) is 2. The lowest BCUT2D eigenvalue weighted by molar-refractivity contribution is -0.267. The summed E-state index contributed by atoms with van der Waals surface area (Å²) in [7, 11) is 2.01. The second-order valence-electron chi connectivity index (χ2n) is 30.6. The molecule has 5 saturated carbocycles. The normalized spacial score (nSPS) is 42.2. The Bertz CT molecular complexity index is 3260. The number of carbonyl (C=O) groups is 2. The Morgan fingerprint density at radius 2 is 1.69 bits per heavy atom. The van der Waals surface area contributed by atoms with Crippen LogP contribution in [0.5, 0.6) is 0 Å². The monoisotopic (exact) mass is 1090 g/mol. The first-order valence-corrected chi connectivity index (χ1v) is 32.0. The number of aromatic amines is 2. The molecule has 11 heteroatoms. The van der Waals surface area contributed by atoms with Crippen molar-refractivity contribution in [2.75, 3.05) is 26.8 Å². The third kappa shape index (κ3) is 6.88. The minimum Gasteiger partial charge on any atom is -0.392 e.